The van der Waals surface area contributed by atoms with Gasteiger partial charge in [0.25, 0.3) is 0 Å². The molecule has 0 saturated heterocycles. The van der Waals surface area contributed by atoms with Crippen LogP contribution >= 0.6 is 22.9 Å². The molecule has 0 N–H and O–H groups in total. The molecule has 13 heavy (non-hydrogen) atoms. The summed E-state index contributed by atoms with van der Waals surface area (Å²) in [5.41, 5.74) is 0.361. The van der Waals surface area contributed by atoms with E-state index >= 15 is 0 Å². The van der Waals surface area contributed by atoms with Gasteiger partial charge in [0.05, 0.1) is 7.11 Å². The van der Waals surface area contributed by atoms with Gasteiger partial charge in [-0.1, -0.05) is 24.9 Å². The summed E-state index contributed by atoms with van der Waals surface area (Å²) < 4.78 is 4.98. The van der Waals surface area contributed by atoms with Crippen LogP contribution in [-0.4, -0.2) is 18.1 Å². The molecule has 1 aromatic rings. The van der Waals surface area contributed by atoms with E-state index in [1.54, 1.807) is 0 Å². The highest BCUT2D eigenvalue weighted by Gasteiger charge is 2.16. The number of aromatic nitrogens is 1. The number of methoxy groups -OCH3 is 1. The Morgan fingerprint density at radius 3 is 2.92 bits per heavy atom. The highest BCUT2D eigenvalue weighted by molar-refractivity contribution is 7.16. The minimum atomic E-state index is -0.411. The lowest BCUT2D eigenvalue weighted by molar-refractivity contribution is 0.0593. The Bertz CT molecular complexity index is 311. The van der Waals surface area contributed by atoms with Crippen molar-refractivity contribution in [1.82, 2.24) is 4.98 Å². The van der Waals surface area contributed by atoms with E-state index in [2.05, 4.69) is 9.72 Å². The lowest BCUT2D eigenvalue weighted by atomic mass is 10.2. The topological polar surface area (TPSA) is 39.2 Å². The Kier molecular flexibility index (Phi) is 3.69. The number of ether oxygens (including phenoxy) is 1. The highest BCUT2D eigenvalue weighted by atomic mass is 35.5. The monoisotopic (exact) mass is 219 g/mol. The van der Waals surface area contributed by atoms with Crippen LogP contribution < -0.4 is 0 Å². The molecule has 0 atom stereocenters. The number of esters is 1. The average molecular weight is 220 g/mol. The summed E-state index contributed by atoms with van der Waals surface area (Å²) >= 11 is 7.04. The maximum Gasteiger partial charge on any atom is 0.357 e. The Labute approximate surface area is 85.7 Å². The van der Waals surface area contributed by atoms with Gasteiger partial charge in [0.2, 0.25) is 0 Å². The van der Waals surface area contributed by atoms with E-state index in [1.165, 1.54) is 18.4 Å². The summed E-state index contributed by atoms with van der Waals surface area (Å²) in [5, 5.41) is 0. The molecule has 0 spiro atoms. The van der Waals surface area contributed by atoms with E-state index in [4.69, 9.17) is 11.6 Å². The third-order valence-corrected chi connectivity index (χ3v) is 2.75. The van der Waals surface area contributed by atoms with Crippen molar-refractivity contribution in [2.45, 2.75) is 19.8 Å². The maximum atomic E-state index is 11.2. The van der Waals surface area contributed by atoms with Gasteiger partial charge < -0.3 is 4.74 Å². The Hall–Kier alpha value is -0.610. The van der Waals surface area contributed by atoms with Gasteiger partial charge >= 0.3 is 5.97 Å². The molecule has 0 unspecified atom stereocenters. The molecule has 0 fully saturated rings. The smallest absolute Gasteiger partial charge is 0.357 e. The number of nitrogens with zero attached hydrogens (tertiary/aromatic N) is 1. The first-order chi connectivity index (χ1) is 6.19. The van der Waals surface area contributed by atoms with Crippen LogP contribution in [-0.2, 0) is 11.2 Å². The van der Waals surface area contributed by atoms with Crippen LogP contribution in [0.2, 0.25) is 4.47 Å². The first-order valence-corrected chi connectivity index (χ1v) is 5.12. The second-order valence-corrected chi connectivity index (χ2v) is 4.15. The van der Waals surface area contributed by atoms with E-state index < -0.39 is 5.97 Å². The van der Waals surface area contributed by atoms with Crippen LogP contribution in [0.3, 0.4) is 0 Å². The largest absolute Gasteiger partial charge is 0.464 e. The third-order valence-electron chi connectivity index (χ3n) is 1.53. The van der Waals surface area contributed by atoms with Crippen LogP contribution in [0.15, 0.2) is 0 Å². The molecule has 72 valence electrons. The van der Waals surface area contributed by atoms with Crippen molar-refractivity contribution in [3.05, 3.63) is 15.0 Å². The molecular formula is C8H10ClNO2S. The second kappa shape index (κ2) is 4.58. The number of carbonyl (C=O) groups is 1. The van der Waals surface area contributed by atoms with Crippen molar-refractivity contribution in [1.29, 1.82) is 0 Å². The van der Waals surface area contributed by atoms with Gasteiger partial charge in [-0.2, -0.15) is 0 Å². The number of hydrogen-bond acceptors (Lipinski definition) is 4. The van der Waals surface area contributed by atoms with Crippen LogP contribution in [0.4, 0.5) is 0 Å². The molecule has 0 radical (unpaired) electrons. The number of hydrogen-bond donors (Lipinski definition) is 0. The predicted octanol–water partition coefficient (Wildman–Crippen LogP) is 2.54. The zero-order valence-corrected chi connectivity index (χ0v) is 9.04. The minimum absolute atomic E-state index is 0.361. The average Bonchev–Trinajstić information content (AvgIpc) is 2.46. The van der Waals surface area contributed by atoms with Crippen molar-refractivity contribution in [3.63, 3.8) is 0 Å². The minimum Gasteiger partial charge on any atom is -0.464 e. The van der Waals surface area contributed by atoms with Gasteiger partial charge in [0, 0.05) is 4.88 Å². The van der Waals surface area contributed by atoms with Gasteiger partial charge in [0.1, 0.15) is 0 Å². The quantitative estimate of drug-likeness (QED) is 0.734. The molecule has 0 aliphatic heterocycles. The molecule has 0 aliphatic carbocycles. The van der Waals surface area contributed by atoms with Gasteiger partial charge in [0.15, 0.2) is 10.2 Å². The van der Waals surface area contributed by atoms with E-state index in [1.807, 2.05) is 6.92 Å². The molecule has 3 nitrogen and oxygen atoms in total. The molecule has 5 heteroatoms. The SMILES string of the molecule is CCCc1sc(Cl)nc1C(=O)OC. The lowest BCUT2D eigenvalue weighted by Crippen LogP contribution is -2.04. The van der Waals surface area contributed by atoms with Crippen LogP contribution in [0.1, 0.15) is 28.7 Å². The van der Waals surface area contributed by atoms with Crippen LogP contribution in [0.5, 0.6) is 0 Å². The molecular weight excluding hydrogens is 210 g/mol. The predicted molar refractivity (Wildman–Crippen MR) is 52.5 cm³/mol. The zero-order valence-electron chi connectivity index (χ0n) is 7.46. The van der Waals surface area contributed by atoms with E-state index in [0.29, 0.717) is 10.2 Å². The van der Waals surface area contributed by atoms with Gasteiger partial charge in [-0.05, 0) is 6.42 Å². The number of aryl methyl sites for hydroxylation is 1. The molecule has 0 saturated carbocycles. The molecule has 1 aromatic heterocycles. The third kappa shape index (κ3) is 2.42. The first-order valence-electron chi connectivity index (χ1n) is 3.92. The Morgan fingerprint density at radius 2 is 2.38 bits per heavy atom. The summed E-state index contributed by atoms with van der Waals surface area (Å²) in [4.78, 5) is 16.0. The number of thiazole rings is 1. The van der Waals surface area contributed by atoms with E-state index in [9.17, 15) is 4.79 Å². The van der Waals surface area contributed by atoms with E-state index in [-0.39, 0.29) is 0 Å². The van der Waals surface area contributed by atoms with Crippen LogP contribution in [0, 0.1) is 0 Å². The molecule has 1 heterocycles. The Morgan fingerprint density at radius 1 is 1.69 bits per heavy atom. The van der Waals surface area contributed by atoms with E-state index in [0.717, 1.165) is 17.7 Å². The fourth-order valence-electron chi connectivity index (χ4n) is 0.976. The second-order valence-electron chi connectivity index (χ2n) is 2.48. The summed E-state index contributed by atoms with van der Waals surface area (Å²) in [6.45, 7) is 2.04. The molecule has 0 aliphatic rings. The standard InChI is InChI=1S/C8H10ClNO2S/c1-3-4-5-6(7(11)12-2)10-8(9)13-5/h3-4H2,1-2H3. The van der Waals surface area contributed by atoms with Gasteiger partial charge in [-0.3, -0.25) is 0 Å². The summed E-state index contributed by atoms with van der Waals surface area (Å²) in [6.07, 6.45) is 1.78. The van der Waals surface area contributed by atoms with Gasteiger partial charge in [-0.25, -0.2) is 9.78 Å². The van der Waals surface area contributed by atoms with Crippen LogP contribution in [0.25, 0.3) is 0 Å². The number of carbonyl (C=O) groups excluding carboxylic acids is 1. The van der Waals surface area contributed by atoms with Gasteiger partial charge in [-0.15, -0.1) is 11.3 Å². The first kappa shape index (κ1) is 10.5. The molecule has 0 aromatic carbocycles. The highest BCUT2D eigenvalue weighted by Crippen LogP contribution is 2.24. The zero-order chi connectivity index (χ0) is 9.84. The maximum absolute atomic E-state index is 11.2. The van der Waals surface area contributed by atoms with Crippen molar-refractivity contribution in [2.24, 2.45) is 0 Å². The fourth-order valence-corrected chi connectivity index (χ4v) is 2.21. The number of rotatable bonds is 3. The Balaban J connectivity index is 2.96. The summed E-state index contributed by atoms with van der Waals surface area (Å²) in [7, 11) is 1.34. The van der Waals surface area contributed by atoms with Crippen molar-refractivity contribution >= 4 is 28.9 Å². The lowest BCUT2D eigenvalue weighted by Gasteiger charge is -1.97. The molecule has 0 bridgehead atoms. The van der Waals surface area contributed by atoms with Crippen molar-refractivity contribution in [2.75, 3.05) is 7.11 Å². The summed E-state index contributed by atoms with van der Waals surface area (Å²) in [6, 6.07) is 0. The van der Waals surface area contributed by atoms with Crippen molar-refractivity contribution in [3.8, 4) is 0 Å². The molecule has 0 amide bonds. The molecule has 1 rings (SSSR count). The normalized spacial score (nSPS) is 10.1. The number of halogens is 1. The summed E-state index contributed by atoms with van der Waals surface area (Å²) in [5.74, 6) is -0.411. The fraction of sp³-hybridized carbons (Fsp3) is 0.500. The van der Waals surface area contributed by atoms with Crippen molar-refractivity contribution < 1.29 is 9.53 Å².